The molecule has 0 bridgehead atoms. The second-order valence-electron chi connectivity index (χ2n) is 7.29. The molecule has 0 unspecified atom stereocenters. The van der Waals surface area contributed by atoms with Crippen molar-refractivity contribution in [2.75, 3.05) is 6.26 Å². The van der Waals surface area contributed by atoms with E-state index in [9.17, 15) is 13.2 Å². The van der Waals surface area contributed by atoms with Crippen molar-refractivity contribution in [3.63, 3.8) is 0 Å². The second kappa shape index (κ2) is 7.72. The Morgan fingerprint density at radius 1 is 1.17 bits per heavy atom. The van der Waals surface area contributed by atoms with Gasteiger partial charge in [0, 0.05) is 18.4 Å². The summed E-state index contributed by atoms with van der Waals surface area (Å²) in [5, 5.41) is 0. The number of hydrogen-bond acceptors (Lipinski definition) is 4. The Hall–Kier alpha value is -2.51. The summed E-state index contributed by atoms with van der Waals surface area (Å²) in [6.45, 7) is 4.27. The van der Waals surface area contributed by atoms with Crippen LogP contribution in [0.5, 0.6) is 0 Å². The van der Waals surface area contributed by atoms with Gasteiger partial charge in [0.25, 0.3) is 5.91 Å². The number of thiazole rings is 1. The fourth-order valence-electron chi connectivity index (χ4n) is 3.69. The van der Waals surface area contributed by atoms with Gasteiger partial charge in [-0.2, -0.15) is 4.99 Å². The van der Waals surface area contributed by atoms with Crippen molar-refractivity contribution in [2.45, 2.75) is 37.1 Å². The minimum atomic E-state index is -3.31. The fourth-order valence-corrected chi connectivity index (χ4v) is 5.49. The molecule has 1 heterocycles. The number of fused-ring (bicyclic) bond motifs is 2. The highest BCUT2D eigenvalue weighted by Crippen LogP contribution is 2.24. The molecule has 4 rings (SSSR count). The minimum absolute atomic E-state index is 0.254. The molecule has 0 aliphatic heterocycles. The lowest BCUT2D eigenvalue weighted by atomic mass is 9.90. The number of hydrogen-bond donors (Lipinski definition) is 0. The molecular formula is C22H22N2O3S2. The van der Waals surface area contributed by atoms with Crippen molar-refractivity contribution in [1.82, 2.24) is 4.57 Å². The van der Waals surface area contributed by atoms with Gasteiger partial charge in [0.2, 0.25) is 0 Å². The zero-order valence-electron chi connectivity index (χ0n) is 16.2. The smallest absolute Gasteiger partial charge is 0.279 e. The molecule has 0 fully saturated rings. The lowest BCUT2D eigenvalue weighted by molar-refractivity contribution is 0.0997. The Balaban J connectivity index is 1.81. The van der Waals surface area contributed by atoms with Gasteiger partial charge in [0.1, 0.15) is 0 Å². The van der Waals surface area contributed by atoms with Crippen LogP contribution in [0, 0.1) is 0 Å². The monoisotopic (exact) mass is 426 g/mol. The Kier molecular flexibility index (Phi) is 5.27. The summed E-state index contributed by atoms with van der Waals surface area (Å²) in [6, 6.07) is 10.8. The topological polar surface area (TPSA) is 68.5 Å². The number of aromatic nitrogens is 1. The van der Waals surface area contributed by atoms with Crippen molar-refractivity contribution >= 4 is 37.3 Å². The first-order valence-corrected chi connectivity index (χ1v) is 12.2. The molecule has 0 N–H and O–H groups in total. The largest absolute Gasteiger partial charge is 0.312 e. The molecule has 150 valence electrons. The fraction of sp³-hybridized carbons (Fsp3) is 0.273. The molecule has 1 amide bonds. The van der Waals surface area contributed by atoms with E-state index in [0.29, 0.717) is 16.9 Å². The normalized spacial score (nSPS) is 14.7. The first kappa shape index (κ1) is 19.8. The molecular weight excluding hydrogens is 404 g/mol. The van der Waals surface area contributed by atoms with Crippen molar-refractivity contribution in [2.24, 2.45) is 4.99 Å². The molecule has 29 heavy (non-hydrogen) atoms. The lowest BCUT2D eigenvalue weighted by Crippen LogP contribution is -2.16. The van der Waals surface area contributed by atoms with Gasteiger partial charge in [-0.05, 0) is 67.1 Å². The van der Waals surface area contributed by atoms with Gasteiger partial charge in [-0.3, -0.25) is 4.79 Å². The number of benzene rings is 2. The van der Waals surface area contributed by atoms with Gasteiger partial charge >= 0.3 is 0 Å². The summed E-state index contributed by atoms with van der Waals surface area (Å²) in [5.74, 6) is -0.286. The van der Waals surface area contributed by atoms with Gasteiger partial charge in [-0.25, -0.2) is 8.42 Å². The van der Waals surface area contributed by atoms with Crippen LogP contribution in [-0.4, -0.2) is 25.1 Å². The van der Waals surface area contributed by atoms with E-state index < -0.39 is 9.84 Å². The number of rotatable bonds is 4. The van der Waals surface area contributed by atoms with Crippen molar-refractivity contribution in [3.05, 3.63) is 70.5 Å². The molecule has 1 aromatic heterocycles. The second-order valence-corrected chi connectivity index (χ2v) is 10.3. The number of aryl methyl sites for hydroxylation is 2. The molecule has 0 radical (unpaired) electrons. The third-order valence-corrected chi connectivity index (χ3v) is 7.34. The van der Waals surface area contributed by atoms with E-state index >= 15 is 0 Å². The van der Waals surface area contributed by atoms with Crippen LogP contribution >= 0.6 is 11.3 Å². The highest BCUT2D eigenvalue weighted by atomic mass is 32.2. The number of allylic oxidation sites excluding steroid dienone is 1. The Morgan fingerprint density at radius 3 is 2.66 bits per heavy atom. The number of sulfone groups is 1. The molecule has 0 saturated carbocycles. The maximum atomic E-state index is 12.9. The molecule has 1 aliphatic carbocycles. The maximum Gasteiger partial charge on any atom is 0.279 e. The Labute approximate surface area is 174 Å². The van der Waals surface area contributed by atoms with Crippen molar-refractivity contribution in [1.29, 1.82) is 0 Å². The first-order chi connectivity index (χ1) is 13.9. The van der Waals surface area contributed by atoms with Gasteiger partial charge < -0.3 is 4.57 Å². The summed E-state index contributed by atoms with van der Waals surface area (Å²) < 4.78 is 26.4. The lowest BCUT2D eigenvalue weighted by Gasteiger charge is -2.15. The van der Waals surface area contributed by atoms with Gasteiger partial charge in [0.05, 0.1) is 15.1 Å². The van der Waals surface area contributed by atoms with E-state index in [1.165, 1.54) is 35.1 Å². The summed E-state index contributed by atoms with van der Waals surface area (Å²) >= 11 is 1.31. The van der Waals surface area contributed by atoms with Crippen LogP contribution in [0.4, 0.5) is 0 Å². The predicted octanol–water partition coefficient (Wildman–Crippen LogP) is 3.91. The Morgan fingerprint density at radius 2 is 1.93 bits per heavy atom. The third-order valence-electron chi connectivity index (χ3n) is 5.19. The summed E-state index contributed by atoms with van der Waals surface area (Å²) in [6.07, 6.45) is 7.34. The summed E-state index contributed by atoms with van der Waals surface area (Å²) in [4.78, 5) is 18.0. The van der Waals surface area contributed by atoms with Crippen LogP contribution in [0.1, 0.15) is 34.3 Å². The average molecular weight is 427 g/mol. The van der Waals surface area contributed by atoms with E-state index in [0.717, 1.165) is 29.5 Å². The van der Waals surface area contributed by atoms with Crippen molar-refractivity contribution in [3.8, 4) is 0 Å². The molecule has 5 nitrogen and oxygen atoms in total. The molecule has 0 spiro atoms. The molecule has 1 aliphatic rings. The van der Waals surface area contributed by atoms with Crippen LogP contribution in [0.25, 0.3) is 10.2 Å². The van der Waals surface area contributed by atoms with E-state index in [1.54, 1.807) is 24.3 Å². The highest BCUT2D eigenvalue weighted by Gasteiger charge is 2.15. The van der Waals surface area contributed by atoms with Crippen LogP contribution in [-0.2, 0) is 29.2 Å². The van der Waals surface area contributed by atoms with Crippen LogP contribution in [0.15, 0.2) is 58.9 Å². The standard InChI is InChI=1S/C22H22N2O3S2/c1-3-12-24-19-11-10-18(29(2,26)27)14-20(19)28-22(24)23-21(25)17-9-8-15-6-4-5-7-16(15)13-17/h3,8-11,13-14H,1,4-7,12H2,2H3. The molecule has 2 aromatic carbocycles. The van der Waals surface area contributed by atoms with E-state index in [4.69, 9.17) is 0 Å². The van der Waals surface area contributed by atoms with E-state index in [2.05, 4.69) is 11.6 Å². The minimum Gasteiger partial charge on any atom is -0.312 e. The van der Waals surface area contributed by atoms with Crippen LogP contribution < -0.4 is 4.80 Å². The number of carbonyl (C=O) groups is 1. The Bertz CT molecular complexity index is 1300. The number of carbonyl (C=O) groups excluding carboxylic acids is 1. The van der Waals surface area contributed by atoms with Crippen LogP contribution in [0.3, 0.4) is 0 Å². The van der Waals surface area contributed by atoms with Gasteiger partial charge in [-0.1, -0.05) is 23.5 Å². The zero-order valence-corrected chi connectivity index (χ0v) is 17.9. The first-order valence-electron chi connectivity index (χ1n) is 9.52. The highest BCUT2D eigenvalue weighted by molar-refractivity contribution is 7.90. The zero-order chi connectivity index (χ0) is 20.6. The predicted molar refractivity (Wildman–Crippen MR) is 116 cm³/mol. The van der Waals surface area contributed by atoms with Gasteiger partial charge in [-0.15, -0.1) is 6.58 Å². The van der Waals surface area contributed by atoms with E-state index in [-0.39, 0.29) is 10.8 Å². The SMILES string of the molecule is C=CCn1c(=NC(=O)c2ccc3c(c2)CCCC3)sc2cc(S(C)(=O)=O)ccc21. The molecule has 7 heteroatoms. The molecule has 3 aromatic rings. The van der Waals surface area contributed by atoms with Crippen LogP contribution in [0.2, 0.25) is 0 Å². The third kappa shape index (κ3) is 3.97. The quantitative estimate of drug-likeness (QED) is 0.594. The van der Waals surface area contributed by atoms with Gasteiger partial charge in [0.15, 0.2) is 14.6 Å². The van der Waals surface area contributed by atoms with Crippen molar-refractivity contribution < 1.29 is 13.2 Å². The summed E-state index contributed by atoms with van der Waals surface area (Å²) in [5.41, 5.74) is 3.99. The number of amides is 1. The van der Waals surface area contributed by atoms with E-state index in [1.807, 2.05) is 22.8 Å². The maximum absolute atomic E-state index is 12.9. The molecule has 0 saturated heterocycles. The average Bonchev–Trinajstić information content (AvgIpc) is 3.03. The molecule has 0 atom stereocenters. The number of nitrogens with zero attached hydrogens (tertiary/aromatic N) is 2. The summed E-state index contributed by atoms with van der Waals surface area (Å²) in [7, 11) is -3.31.